The molecule has 0 atom stereocenters. The molecular weight excluding hydrogens is 653 g/mol. The fourth-order valence-electron chi connectivity index (χ4n) is 7.95. The van der Waals surface area contributed by atoms with E-state index in [0.29, 0.717) is 28.4 Å². The normalized spacial score (nSPS) is 11.8. The largest absolute Gasteiger partial charge is 0.454 e. The van der Waals surface area contributed by atoms with Crippen LogP contribution in [0.5, 0.6) is 0 Å². The lowest BCUT2D eigenvalue weighted by molar-refractivity contribution is 0.665. The summed E-state index contributed by atoms with van der Waals surface area (Å²) in [6.07, 6.45) is 0. The zero-order valence-electron chi connectivity index (χ0n) is 28.1. The summed E-state index contributed by atoms with van der Waals surface area (Å²) in [6, 6.07) is 55.4. The highest BCUT2D eigenvalue weighted by Gasteiger charge is 2.25. The van der Waals surface area contributed by atoms with Crippen molar-refractivity contribution >= 4 is 65.7 Å². The van der Waals surface area contributed by atoms with Crippen LogP contribution in [0.3, 0.4) is 0 Å². The summed E-state index contributed by atoms with van der Waals surface area (Å²) in [5.41, 5.74) is 10.1. The molecule has 0 aliphatic carbocycles. The lowest BCUT2D eigenvalue weighted by Crippen LogP contribution is -2.02. The van der Waals surface area contributed by atoms with Gasteiger partial charge in [-0.25, -0.2) is 9.97 Å². The summed E-state index contributed by atoms with van der Waals surface area (Å²) in [5.74, 6) is 0.506. The summed E-state index contributed by atoms with van der Waals surface area (Å²) in [5, 5.41) is 16.7. The molecule has 0 fully saturated rings. The Morgan fingerprint density at radius 2 is 1.06 bits per heavy atom. The summed E-state index contributed by atoms with van der Waals surface area (Å²) in [6.45, 7) is 0. The lowest BCUT2D eigenvalue weighted by Gasteiger charge is -2.14. The molecule has 6 nitrogen and oxygen atoms in total. The number of hydrogen-bond donors (Lipinski definition) is 0. The van der Waals surface area contributed by atoms with E-state index in [1.54, 1.807) is 0 Å². The van der Waals surface area contributed by atoms with E-state index in [4.69, 9.17) is 18.8 Å². The quantitative estimate of drug-likeness (QED) is 0.185. The van der Waals surface area contributed by atoms with Crippen LogP contribution in [0, 0.1) is 11.3 Å². The number of benzene rings is 7. The molecule has 0 saturated heterocycles. The molecule has 0 aliphatic rings. The van der Waals surface area contributed by atoms with Gasteiger partial charge in [-0.05, 0) is 36.4 Å². The van der Waals surface area contributed by atoms with Gasteiger partial charge in [0.25, 0.3) is 0 Å². The summed E-state index contributed by atoms with van der Waals surface area (Å²) < 4.78 is 15.8. The van der Waals surface area contributed by atoms with Gasteiger partial charge in [-0.2, -0.15) is 5.26 Å². The van der Waals surface area contributed by atoms with Crippen molar-refractivity contribution in [2.75, 3.05) is 0 Å². The zero-order valence-corrected chi connectivity index (χ0v) is 28.1. The van der Waals surface area contributed by atoms with Crippen LogP contribution in [0.2, 0.25) is 0 Å². The molecule has 7 aromatic carbocycles. The Hall–Kier alpha value is -7.49. The van der Waals surface area contributed by atoms with Crippen molar-refractivity contribution in [2.45, 2.75) is 0 Å². The second kappa shape index (κ2) is 11.3. The molecule has 0 amide bonds. The van der Waals surface area contributed by atoms with Gasteiger partial charge in [-0.15, -0.1) is 0 Å². The van der Waals surface area contributed by atoms with Crippen molar-refractivity contribution < 1.29 is 8.83 Å². The number of nitrogens with zero attached hydrogens (tertiary/aromatic N) is 4. The van der Waals surface area contributed by atoms with Gasteiger partial charge in [0.2, 0.25) is 0 Å². The molecule has 53 heavy (non-hydrogen) atoms. The monoisotopic (exact) mass is 678 g/mol. The Balaban J connectivity index is 1.26. The van der Waals surface area contributed by atoms with E-state index in [9.17, 15) is 5.26 Å². The van der Waals surface area contributed by atoms with Crippen molar-refractivity contribution in [3.05, 3.63) is 163 Å². The fourth-order valence-corrected chi connectivity index (χ4v) is 7.95. The van der Waals surface area contributed by atoms with Crippen LogP contribution in [0.1, 0.15) is 5.56 Å². The number of hydrogen-bond acceptors (Lipinski definition) is 5. The number of furan rings is 2. The second-order valence-corrected chi connectivity index (χ2v) is 13.2. The van der Waals surface area contributed by atoms with E-state index in [-0.39, 0.29) is 0 Å². The Kier molecular flexibility index (Phi) is 6.22. The Labute approximate surface area is 302 Å². The first-order valence-corrected chi connectivity index (χ1v) is 17.5. The summed E-state index contributed by atoms with van der Waals surface area (Å²) in [4.78, 5) is 10.3. The zero-order chi connectivity index (χ0) is 35.0. The highest BCUT2D eigenvalue weighted by Crippen LogP contribution is 2.45. The maximum atomic E-state index is 10.5. The van der Waals surface area contributed by atoms with Crippen molar-refractivity contribution in [3.63, 3.8) is 0 Å². The van der Waals surface area contributed by atoms with Crippen LogP contribution in [0.4, 0.5) is 0 Å². The number of aromatic nitrogens is 3. The molecule has 4 aromatic heterocycles. The average molecular weight is 679 g/mol. The fraction of sp³-hybridized carbons (Fsp3) is 0. The first-order chi connectivity index (χ1) is 26.3. The maximum absolute atomic E-state index is 10.5. The predicted molar refractivity (Wildman–Crippen MR) is 212 cm³/mol. The molecule has 0 bridgehead atoms. The Morgan fingerprint density at radius 1 is 0.491 bits per heavy atom. The van der Waals surface area contributed by atoms with Crippen LogP contribution in [0.15, 0.2) is 167 Å². The van der Waals surface area contributed by atoms with Crippen molar-refractivity contribution in [1.82, 2.24) is 14.5 Å². The van der Waals surface area contributed by atoms with Crippen LogP contribution < -0.4 is 0 Å². The van der Waals surface area contributed by atoms with Gasteiger partial charge in [-0.3, -0.25) is 0 Å². The van der Waals surface area contributed by atoms with Gasteiger partial charge in [0.1, 0.15) is 22.8 Å². The third-order valence-corrected chi connectivity index (χ3v) is 10.3. The molecule has 0 aliphatic heterocycles. The van der Waals surface area contributed by atoms with Gasteiger partial charge in [-0.1, -0.05) is 121 Å². The molecular formula is C47H26N4O2. The lowest BCUT2D eigenvalue weighted by atomic mass is 9.99. The number of rotatable bonds is 4. The third-order valence-electron chi connectivity index (χ3n) is 10.3. The molecule has 0 spiro atoms. The molecule has 0 saturated carbocycles. The van der Waals surface area contributed by atoms with Crippen molar-refractivity contribution in [1.29, 1.82) is 5.26 Å². The first kappa shape index (κ1) is 29.3. The van der Waals surface area contributed by atoms with E-state index in [1.807, 2.05) is 97.1 Å². The third kappa shape index (κ3) is 4.25. The molecule has 11 rings (SSSR count). The topological polar surface area (TPSA) is 80.8 Å². The van der Waals surface area contributed by atoms with Gasteiger partial charge in [0.15, 0.2) is 17.0 Å². The predicted octanol–water partition coefficient (Wildman–Crippen LogP) is 12.2. The van der Waals surface area contributed by atoms with Gasteiger partial charge < -0.3 is 13.4 Å². The van der Waals surface area contributed by atoms with E-state index < -0.39 is 0 Å². The van der Waals surface area contributed by atoms with Gasteiger partial charge in [0, 0.05) is 49.0 Å². The minimum absolute atomic E-state index is 0.427. The standard InChI is InChI=1S/C47H26N4O2/c48-27-36-42(28-13-3-1-4-14-28)49-47(50-43(36)29-15-5-2-6-16-29)35-25-26-38(46-41(35)34-19-9-12-22-40(34)53-46)51-37-20-10-7-17-30(37)32-23-24-33-31-18-8-11-21-39(31)52-45(33)44(32)51/h1-26H. The number of fused-ring (bicyclic) bond motifs is 10. The van der Waals surface area contributed by atoms with E-state index in [0.717, 1.165) is 82.5 Å². The molecule has 0 unspecified atom stereocenters. The van der Waals surface area contributed by atoms with Crippen molar-refractivity contribution in [3.8, 4) is 45.7 Å². The number of para-hydroxylation sites is 3. The highest BCUT2D eigenvalue weighted by atomic mass is 16.3. The molecule has 4 heterocycles. The SMILES string of the molecule is N#Cc1c(-c2ccccc2)nc(-c2ccc(-n3c4ccccc4c4ccc5c6ccccc6oc5c43)c3oc4ccccc4c23)nc1-c1ccccc1. The van der Waals surface area contributed by atoms with Crippen molar-refractivity contribution in [2.24, 2.45) is 0 Å². The molecule has 6 heteroatoms. The minimum Gasteiger partial charge on any atom is -0.454 e. The molecule has 246 valence electrons. The smallest absolute Gasteiger partial charge is 0.161 e. The van der Waals surface area contributed by atoms with E-state index in [2.05, 4.69) is 71.3 Å². The molecule has 11 aromatic rings. The summed E-state index contributed by atoms with van der Waals surface area (Å²) >= 11 is 0. The van der Waals surface area contributed by atoms with Crippen LogP contribution in [-0.2, 0) is 0 Å². The van der Waals surface area contributed by atoms with E-state index >= 15 is 0 Å². The minimum atomic E-state index is 0.427. The first-order valence-electron chi connectivity index (χ1n) is 17.5. The van der Waals surface area contributed by atoms with Crippen LogP contribution in [-0.4, -0.2) is 14.5 Å². The number of nitriles is 1. The average Bonchev–Trinajstić information content (AvgIpc) is 3.91. The molecule has 0 radical (unpaired) electrons. The Bertz CT molecular complexity index is 3230. The summed E-state index contributed by atoms with van der Waals surface area (Å²) in [7, 11) is 0. The second-order valence-electron chi connectivity index (χ2n) is 13.2. The highest BCUT2D eigenvalue weighted by molar-refractivity contribution is 6.23. The molecule has 0 N–H and O–H groups in total. The Morgan fingerprint density at radius 3 is 1.75 bits per heavy atom. The van der Waals surface area contributed by atoms with Crippen LogP contribution in [0.25, 0.3) is 105 Å². The van der Waals surface area contributed by atoms with Gasteiger partial charge in [0.05, 0.1) is 28.1 Å². The van der Waals surface area contributed by atoms with Crippen LogP contribution >= 0.6 is 0 Å². The maximum Gasteiger partial charge on any atom is 0.161 e. The van der Waals surface area contributed by atoms with Gasteiger partial charge >= 0.3 is 0 Å². The van der Waals surface area contributed by atoms with E-state index in [1.165, 1.54) is 0 Å².